The molecule has 2 aromatic heterocycles. The van der Waals surface area contributed by atoms with Crippen molar-refractivity contribution < 1.29 is 13.2 Å². The van der Waals surface area contributed by atoms with Crippen LogP contribution in [0, 0.1) is 0 Å². The van der Waals surface area contributed by atoms with E-state index in [2.05, 4.69) is 22.5 Å². The van der Waals surface area contributed by atoms with Crippen LogP contribution in [0.1, 0.15) is 64.6 Å². The first-order chi connectivity index (χ1) is 16.0. The summed E-state index contributed by atoms with van der Waals surface area (Å²) in [4.78, 5) is 13.6. The van der Waals surface area contributed by atoms with Gasteiger partial charge in [0, 0.05) is 24.3 Å². The fourth-order valence-corrected chi connectivity index (χ4v) is 7.62. The molecule has 1 saturated heterocycles. The molecule has 2 aliphatic rings. The molecule has 3 heterocycles. The van der Waals surface area contributed by atoms with Crippen molar-refractivity contribution in [2.75, 3.05) is 13.1 Å². The molecular weight excluding hydrogens is 456 g/mol. The van der Waals surface area contributed by atoms with Gasteiger partial charge < -0.3 is 5.32 Å². The summed E-state index contributed by atoms with van der Waals surface area (Å²) < 4.78 is 29.9. The number of nitrogens with one attached hydrogen (secondary N) is 1. The monoisotopic (exact) mass is 484 g/mol. The maximum Gasteiger partial charge on any atom is 0.263 e. The smallest absolute Gasteiger partial charge is 0.263 e. The number of aromatic nitrogens is 2. The Balaban J connectivity index is 1.35. The van der Waals surface area contributed by atoms with E-state index in [-0.39, 0.29) is 21.7 Å². The molecule has 1 aliphatic heterocycles. The van der Waals surface area contributed by atoms with Gasteiger partial charge in [-0.05, 0) is 49.1 Å². The van der Waals surface area contributed by atoms with E-state index in [1.807, 2.05) is 29.1 Å². The van der Waals surface area contributed by atoms with E-state index >= 15 is 0 Å². The normalized spacial score (nSPS) is 19.2. The second-order valence-corrected chi connectivity index (χ2v) is 11.5. The van der Waals surface area contributed by atoms with Crippen molar-refractivity contribution in [1.82, 2.24) is 19.4 Å². The van der Waals surface area contributed by atoms with E-state index in [1.54, 1.807) is 11.4 Å². The predicted octanol–water partition coefficient (Wildman–Crippen LogP) is 3.97. The summed E-state index contributed by atoms with van der Waals surface area (Å²) in [5, 5.41) is 9.39. The molecule has 1 aromatic carbocycles. The number of hydrogen-bond acceptors (Lipinski definition) is 5. The average molecular weight is 485 g/mol. The summed E-state index contributed by atoms with van der Waals surface area (Å²) in [7, 11) is -3.66. The third-order valence-corrected chi connectivity index (χ3v) is 9.49. The molecule has 1 aliphatic carbocycles. The van der Waals surface area contributed by atoms with E-state index in [9.17, 15) is 13.2 Å². The molecule has 7 nitrogen and oxygen atoms in total. The van der Waals surface area contributed by atoms with Crippen LogP contribution in [0.5, 0.6) is 0 Å². The van der Waals surface area contributed by atoms with Crippen LogP contribution in [0.3, 0.4) is 0 Å². The molecule has 9 heteroatoms. The number of piperidine rings is 1. The van der Waals surface area contributed by atoms with E-state index in [0.29, 0.717) is 19.6 Å². The van der Waals surface area contributed by atoms with Crippen LogP contribution in [-0.4, -0.2) is 41.5 Å². The molecule has 33 heavy (non-hydrogen) atoms. The topological polar surface area (TPSA) is 84.3 Å². The number of carbonyl (C=O) groups is 1. The lowest BCUT2D eigenvalue weighted by atomic mass is 9.93. The van der Waals surface area contributed by atoms with Crippen LogP contribution in [0.2, 0.25) is 0 Å². The number of nitrogens with zero attached hydrogens (tertiary/aromatic N) is 3. The molecule has 1 atom stereocenters. The second-order valence-electron chi connectivity index (χ2n) is 8.69. The SMILES string of the molecule is O=C(NC1CCCc2c1cnn2Cc1ccccc1)c1sccc1S(=O)(=O)N1CCCCC1. The van der Waals surface area contributed by atoms with Crippen LogP contribution < -0.4 is 5.32 Å². The molecule has 1 unspecified atom stereocenters. The van der Waals surface area contributed by atoms with Gasteiger partial charge in [0.15, 0.2) is 0 Å². The molecule has 3 aromatic rings. The molecule has 0 bridgehead atoms. The molecule has 0 radical (unpaired) electrons. The predicted molar refractivity (Wildman–Crippen MR) is 128 cm³/mol. The molecule has 174 valence electrons. The van der Waals surface area contributed by atoms with Crippen LogP contribution in [0.4, 0.5) is 0 Å². The van der Waals surface area contributed by atoms with Gasteiger partial charge in [-0.25, -0.2) is 8.42 Å². The zero-order chi connectivity index (χ0) is 22.8. The number of hydrogen-bond donors (Lipinski definition) is 1. The minimum atomic E-state index is -3.66. The Morgan fingerprint density at radius 2 is 1.88 bits per heavy atom. The standard InChI is InChI=1S/C24H28N4O3S2/c29-24(23-22(12-15-32-23)33(30,31)27-13-5-2-6-14-27)26-20-10-7-11-21-19(20)16-25-28(21)17-18-8-3-1-4-9-18/h1,3-4,8-9,12,15-16,20H,2,5-7,10-11,13-14,17H2,(H,26,29). The highest BCUT2D eigenvalue weighted by molar-refractivity contribution is 7.89. The number of benzene rings is 1. The highest BCUT2D eigenvalue weighted by atomic mass is 32.2. The van der Waals surface area contributed by atoms with Gasteiger partial charge in [-0.1, -0.05) is 36.8 Å². The van der Waals surface area contributed by atoms with Crippen molar-refractivity contribution >= 4 is 27.3 Å². The van der Waals surface area contributed by atoms with Gasteiger partial charge in [0.1, 0.15) is 9.77 Å². The quantitative estimate of drug-likeness (QED) is 0.574. The number of fused-ring (bicyclic) bond motifs is 1. The summed E-state index contributed by atoms with van der Waals surface area (Å²) in [5.74, 6) is -0.325. The van der Waals surface area contributed by atoms with Crippen molar-refractivity contribution in [3.63, 3.8) is 0 Å². The van der Waals surface area contributed by atoms with E-state index in [0.717, 1.165) is 49.8 Å². The highest BCUT2D eigenvalue weighted by Gasteiger charge is 2.32. The molecular formula is C24H28N4O3S2. The molecule has 5 rings (SSSR count). The van der Waals surface area contributed by atoms with Crippen LogP contribution in [-0.2, 0) is 23.0 Å². The van der Waals surface area contributed by atoms with Crippen LogP contribution >= 0.6 is 11.3 Å². The van der Waals surface area contributed by atoms with Gasteiger partial charge in [0.25, 0.3) is 5.91 Å². The maximum absolute atomic E-state index is 13.2. The van der Waals surface area contributed by atoms with Gasteiger partial charge in [-0.2, -0.15) is 9.40 Å². The van der Waals surface area contributed by atoms with E-state index in [1.165, 1.54) is 21.2 Å². The molecule has 0 saturated carbocycles. The third kappa shape index (κ3) is 4.49. The number of amides is 1. The van der Waals surface area contributed by atoms with Gasteiger partial charge >= 0.3 is 0 Å². The Bertz CT molecular complexity index is 1230. The minimum absolute atomic E-state index is 0.128. The number of sulfonamides is 1. The largest absolute Gasteiger partial charge is 0.344 e. The van der Waals surface area contributed by atoms with Crippen molar-refractivity contribution in [1.29, 1.82) is 0 Å². The van der Waals surface area contributed by atoms with Crippen molar-refractivity contribution in [3.8, 4) is 0 Å². The van der Waals surface area contributed by atoms with Crippen LogP contribution in [0.15, 0.2) is 52.9 Å². The van der Waals surface area contributed by atoms with Gasteiger partial charge in [0.2, 0.25) is 10.0 Å². The van der Waals surface area contributed by atoms with Crippen molar-refractivity contribution in [2.45, 2.75) is 56.0 Å². The molecule has 1 fully saturated rings. The Kier molecular flexibility index (Phi) is 6.36. The third-order valence-electron chi connectivity index (χ3n) is 6.51. The van der Waals surface area contributed by atoms with Crippen LogP contribution in [0.25, 0.3) is 0 Å². The lowest BCUT2D eigenvalue weighted by molar-refractivity contribution is 0.0933. The van der Waals surface area contributed by atoms with Gasteiger partial charge in [0.05, 0.1) is 18.8 Å². The first-order valence-electron chi connectivity index (χ1n) is 11.5. The lowest BCUT2D eigenvalue weighted by Gasteiger charge is -2.26. The number of rotatable bonds is 6. The summed E-state index contributed by atoms with van der Waals surface area (Å²) in [6.45, 7) is 1.73. The first-order valence-corrected chi connectivity index (χ1v) is 13.8. The van der Waals surface area contributed by atoms with Crippen molar-refractivity contribution in [3.05, 3.63) is 69.7 Å². The van der Waals surface area contributed by atoms with Gasteiger partial charge in [-0.15, -0.1) is 11.3 Å². The van der Waals surface area contributed by atoms with Gasteiger partial charge in [-0.3, -0.25) is 9.48 Å². The number of carbonyl (C=O) groups excluding carboxylic acids is 1. The Hall–Kier alpha value is -2.49. The zero-order valence-electron chi connectivity index (χ0n) is 18.4. The maximum atomic E-state index is 13.2. The average Bonchev–Trinajstić information content (AvgIpc) is 3.49. The zero-order valence-corrected chi connectivity index (χ0v) is 20.1. The minimum Gasteiger partial charge on any atom is -0.344 e. The molecule has 1 N–H and O–H groups in total. The molecule has 1 amide bonds. The van der Waals surface area contributed by atoms with Crippen molar-refractivity contribution in [2.24, 2.45) is 0 Å². The summed E-state index contributed by atoms with van der Waals surface area (Å²) >= 11 is 1.19. The summed E-state index contributed by atoms with van der Waals surface area (Å²) in [6, 6.07) is 11.6. The fourth-order valence-electron chi connectivity index (χ4n) is 4.80. The summed E-state index contributed by atoms with van der Waals surface area (Å²) in [6.07, 6.45) is 7.30. The Morgan fingerprint density at radius 3 is 2.67 bits per heavy atom. The highest BCUT2D eigenvalue weighted by Crippen LogP contribution is 2.32. The first kappa shape index (κ1) is 22.3. The Morgan fingerprint density at radius 1 is 1.09 bits per heavy atom. The van der Waals surface area contributed by atoms with E-state index < -0.39 is 10.0 Å². The second kappa shape index (κ2) is 9.40. The summed E-state index contributed by atoms with van der Waals surface area (Å²) in [5.41, 5.74) is 3.35. The molecule has 0 spiro atoms. The van der Waals surface area contributed by atoms with E-state index in [4.69, 9.17) is 0 Å². The fraction of sp³-hybridized carbons (Fsp3) is 0.417. The Labute approximate surface area is 198 Å². The number of thiophene rings is 1. The lowest BCUT2D eigenvalue weighted by Crippen LogP contribution is -2.37.